The van der Waals surface area contributed by atoms with Crippen LogP contribution in [-0.4, -0.2) is 11.9 Å². The zero-order valence-electron chi connectivity index (χ0n) is 8.36. The molecule has 0 N–H and O–H groups in total. The van der Waals surface area contributed by atoms with E-state index in [0.29, 0.717) is 11.5 Å². The zero-order valence-corrected chi connectivity index (χ0v) is 8.36. The first kappa shape index (κ1) is 8.89. The van der Waals surface area contributed by atoms with Gasteiger partial charge in [0.25, 0.3) is 0 Å². The SMILES string of the molecule is O=C1OC(=O)C2CCCC3CC=CC1=C32. The van der Waals surface area contributed by atoms with Crippen LogP contribution in [0.5, 0.6) is 0 Å². The quantitative estimate of drug-likeness (QED) is 0.446. The molecule has 2 unspecified atom stereocenters. The molecule has 1 fully saturated rings. The number of ether oxygens (including phenoxy) is 1. The van der Waals surface area contributed by atoms with E-state index in [-0.39, 0.29) is 11.9 Å². The number of rotatable bonds is 0. The number of carbonyl (C=O) groups is 2. The molecular weight excluding hydrogens is 192 g/mol. The third-order valence-corrected chi connectivity index (χ3v) is 3.57. The predicted molar refractivity (Wildman–Crippen MR) is 52.7 cm³/mol. The summed E-state index contributed by atoms with van der Waals surface area (Å²) >= 11 is 0. The number of hydrogen-bond acceptors (Lipinski definition) is 3. The minimum absolute atomic E-state index is 0.138. The Balaban J connectivity index is 2.14. The van der Waals surface area contributed by atoms with E-state index in [9.17, 15) is 9.59 Å². The first-order valence-electron chi connectivity index (χ1n) is 5.44. The van der Waals surface area contributed by atoms with Gasteiger partial charge in [-0.1, -0.05) is 18.6 Å². The van der Waals surface area contributed by atoms with Crippen molar-refractivity contribution >= 4 is 11.9 Å². The second-order valence-electron chi connectivity index (χ2n) is 4.40. The Morgan fingerprint density at radius 2 is 2.13 bits per heavy atom. The van der Waals surface area contributed by atoms with Crippen LogP contribution in [0.15, 0.2) is 23.3 Å². The average Bonchev–Trinajstić information content (AvgIpc) is 2.25. The summed E-state index contributed by atoms with van der Waals surface area (Å²) in [7, 11) is 0. The van der Waals surface area contributed by atoms with Crippen molar-refractivity contribution in [3.63, 3.8) is 0 Å². The predicted octanol–water partition coefficient (Wildman–Crippen LogP) is 1.74. The first-order chi connectivity index (χ1) is 7.27. The van der Waals surface area contributed by atoms with Gasteiger partial charge in [0.05, 0.1) is 11.5 Å². The average molecular weight is 204 g/mol. The van der Waals surface area contributed by atoms with Crippen molar-refractivity contribution in [3.05, 3.63) is 23.3 Å². The number of esters is 2. The Kier molecular flexibility index (Phi) is 1.81. The molecule has 15 heavy (non-hydrogen) atoms. The van der Waals surface area contributed by atoms with Gasteiger partial charge < -0.3 is 4.74 Å². The Bertz CT molecular complexity index is 403. The summed E-state index contributed by atoms with van der Waals surface area (Å²) in [5, 5.41) is 0. The number of carbonyl (C=O) groups excluding carboxylic acids is 2. The maximum absolute atomic E-state index is 11.6. The topological polar surface area (TPSA) is 43.4 Å². The second kappa shape index (κ2) is 3.05. The van der Waals surface area contributed by atoms with Gasteiger partial charge in [-0.3, -0.25) is 4.79 Å². The van der Waals surface area contributed by atoms with Crippen molar-refractivity contribution in [2.24, 2.45) is 11.8 Å². The van der Waals surface area contributed by atoms with E-state index in [1.807, 2.05) is 12.2 Å². The molecule has 0 aromatic rings. The standard InChI is InChI=1S/C12H12O3/c13-11-8-5-1-3-7-4-2-6-9(10(7)8)12(14)15-11/h1,5,7,9H,2-4,6H2. The molecule has 1 aliphatic heterocycles. The van der Waals surface area contributed by atoms with Gasteiger partial charge in [0.1, 0.15) is 0 Å². The maximum Gasteiger partial charge on any atom is 0.345 e. The molecule has 78 valence electrons. The van der Waals surface area contributed by atoms with Gasteiger partial charge in [0.15, 0.2) is 0 Å². The summed E-state index contributed by atoms with van der Waals surface area (Å²) in [5.41, 5.74) is 1.71. The molecule has 2 atom stereocenters. The van der Waals surface area contributed by atoms with Gasteiger partial charge in [-0.15, -0.1) is 0 Å². The van der Waals surface area contributed by atoms with E-state index in [1.54, 1.807) is 0 Å². The highest BCUT2D eigenvalue weighted by Gasteiger charge is 2.42. The minimum Gasteiger partial charge on any atom is -0.389 e. The first-order valence-corrected chi connectivity index (χ1v) is 5.44. The summed E-state index contributed by atoms with van der Waals surface area (Å²) in [6, 6.07) is 0. The van der Waals surface area contributed by atoms with Crippen molar-refractivity contribution in [2.45, 2.75) is 25.7 Å². The largest absolute Gasteiger partial charge is 0.389 e. The molecule has 0 saturated heterocycles. The van der Waals surface area contributed by atoms with Crippen molar-refractivity contribution in [2.75, 3.05) is 0 Å². The van der Waals surface area contributed by atoms with Gasteiger partial charge in [-0.25, -0.2) is 4.79 Å². The lowest BCUT2D eigenvalue weighted by Crippen LogP contribution is -2.36. The van der Waals surface area contributed by atoms with Crippen molar-refractivity contribution in [1.29, 1.82) is 0 Å². The van der Waals surface area contributed by atoms with Crippen LogP contribution in [0.4, 0.5) is 0 Å². The molecule has 0 radical (unpaired) electrons. The van der Waals surface area contributed by atoms with Gasteiger partial charge in [0, 0.05) is 0 Å². The summed E-state index contributed by atoms with van der Waals surface area (Å²) in [6.45, 7) is 0. The summed E-state index contributed by atoms with van der Waals surface area (Å²) in [6.07, 6.45) is 7.80. The second-order valence-corrected chi connectivity index (χ2v) is 4.40. The molecule has 0 aromatic carbocycles. The lowest BCUT2D eigenvalue weighted by Gasteiger charge is -2.36. The molecule has 0 aromatic heterocycles. The Morgan fingerprint density at radius 3 is 3.00 bits per heavy atom. The van der Waals surface area contributed by atoms with E-state index in [1.165, 1.54) is 0 Å². The van der Waals surface area contributed by atoms with Crippen LogP contribution in [0.1, 0.15) is 25.7 Å². The van der Waals surface area contributed by atoms with Crippen LogP contribution in [-0.2, 0) is 14.3 Å². The van der Waals surface area contributed by atoms with Gasteiger partial charge >= 0.3 is 11.9 Å². The van der Waals surface area contributed by atoms with Crippen LogP contribution < -0.4 is 0 Å². The van der Waals surface area contributed by atoms with Gasteiger partial charge in [0.2, 0.25) is 0 Å². The number of allylic oxidation sites excluding steroid dienone is 1. The number of cyclic esters (lactones) is 2. The molecule has 3 nitrogen and oxygen atoms in total. The van der Waals surface area contributed by atoms with E-state index < -0.39 is 5.97 Å². The van der Waals surface area contributed by atoms with E-state index >= 15 is 0 Å². The molecule has 1 saturated carbocycles. The maximum atomic E-state index is 11.6. The third-order valence-electron chi connectivity index (χ3n) is 3.57. The number of hydrogen-bond donors (Lipinski definition) is 0. The Hall–Kier alpha value is -1.38. The highest BCUT2D eigenvalue weighted by molar-refractivity contribution is 6.04. The lowest BCUT2D eigenvalue weighted by atomic mass is 9.70. The molecule has 0 amide bonds. The van der Waals surface area contributed by atoms with Gasteiger partial charge in [-0.05, 0) is 30.8 Å². The minimum atomic E-state index is -0.450. The Morgan fingerprint density at radius 1 is 1.27 bits per heavy atom. The van der Waals surface area contributed by atoms with Crippen molar-refractivity contribution < 1.29 is 14.3 Å². The van der Waals surface area contributed by atoms with Crippen molar-refractivity contribution in [1.82, 2.24) is 0 Å². The van der Waals surface area contributed by atoms with E-state index in [2.05, 4.69) is 0 Å². The van der Waals surface area contributed by atoms with Crippen LogP contribution in [0.2, 0.25) is 0 Å². The molecule has 3 aliphatic rings. The molecule has 1 heterocycles. The highest BCUT2D eigenvalue weighted by Crippen LogP contribution is 2.43. The van der Waals surface area contributed by atoms with Crippen LogP contribution in [0, 0.1) is 11.8 Å². The highest BCUT2D eigenvalue weighted by atomic mass is 16.6. The van der Waals surface area contributed by atoms with Gasteiger partial charge in [-0.2, -0.15) is 0 Å². The lowest BCUT2D eigenvalue weighted by molar-refractivity contribution is -0.161. The van der Waals surface area contributed by atoms with Crippen LogP contribution in [0.3, 0.4) is 0 Å². The summed E-state index contributed by atoms with van der Waals surface area (Å²) in [5.74, 6) is -0.519. The summed E-state index contributed by atoms with van der Waals surface area (Å²) < 4.78 is 4.75. The molecule has 3 rings (SSSR count). The molecule has 0 bridgehead atoms. The fraction of sp³-hybridized carbons (Fsp3) is 0.500. The molecule has 2 aliphatic carbocycles. The van der Waals surface area contributed by atoms with E-state index in [4.69, 9.17) is 4.74 Å². The normalized spacial score (nSPS) is 33.9. The zero-order chi connectivity index (χ0) is 10.4. The fourth-order valence-electron chi connectivity index (χ4n) is 2.91. The third kappa shape index (κ3) is 1.19. The smallest absolute Gasteiger partial charge is 0.345 e. The molecular formula is C12H12O3. The van der Waals surface area contributed by atoms with E-state index in [0.717, 1.165) is 31.3 Å². The van der Waals surface area contributed by atoms with Crippen LogP contribution in [0.25, 0.3) is 0 Å². The summed E-state index contributed by atoms with van der Waals surface area (Å²) in [4.78, 5) is 23.1. The molecule has 0 spiro atoms. The monoisotopic (exact) mass is 204 g/mol. The Labute approximate surface area is 87.8 Å². The fourth-order valence-corrected chi connectivity index (χ4v) is 2.91. The van der Waals surface area contributed by atoms with Crippen LogP contribution >= 0.6 is 0 Å². The molecule has 3 heteroatoms. The van der Waals surface area contributed by atoms with Crippen molar-refractivity contribution in [3.8, 4) is 0 Å².